The minimum absolute atomic E-state index is 0.0774. The standard InChI is InChI=1S/C15H20FN3O2/c1-9(2)15-18-14(19-21-15)8-20-13-6-5-11(7-12(13)16)10(3)17-4/h5-7,9-10,17H,8H2,1-4H3. The van der Waals surface area contributed by atoms with Crippen LogP contribution in [0.4, 0.5) is 4.39 Å². The highest BCUT2D eigenvalue weighted by atomic mass is 19.1. The molecule has 2 aromatic rings. The summed E-state index contributed by atoms with van der Waals surface area (Å²) in [5, 5.41) is 6.86. The van der Waals surface area contributed by atoms with Crippen LogP contribution in [0.2, 0.25) is 0 Å². The Morgan fingerprint density at radius 2 is 2.10 bits per heavy atom. The molecule has 1 atom stereocenters. The first-order valence-electron chi connectivity index (χ1n) is 6.93. The van der Waals surface area contributed by atoms with Crippen LogP contribution < -0.4 is 10.1 Å². The summed E-state index contributed by atoms with van der Waals surface area (Å²) >= 11 is 0. The molecule has 114 valence electrons. The molecule has 0 aliphatic carbocycles. The second kappa shape index (κ2) is 6.67. The van der Waals surface area contributed by atoms with E-state index in [0.717, 1.165) is 5.56 Å². The largest absolute Gasteiger partial charge is 0.482 e. The summed E-state index contributed by atoms with van der Waals surface area (Å²) in [5.74, 6) is 0.892. The van der Waals surface area contributed by atoms with E-state index in [1.54, 1.807) is 6.07 Å². The highest BCUT2D eigenvalue weighted by molar-refractivity contribution is 5.30. The van der Waals surface area contributed by atoms with Gasteiger partial charge in [-0.2, -0.15) is 4.98 Å². The molecule has 0 saturated heterocycles. The van der Waals surface area contributed by atoms with Gasteiger partial charge in [-0.15, -0.1) is 0 Å². The van der Waals surface area contributed by atoms with Crippen molar-refractivity contribution in [2.45, 2.75) is 39.3 Å². The lowest BCUT2D eigenvalue weighted by Gasteiger charge is -2.12. The van der Waals surface area contributed by atoms with Gasteiger partial charge in [-0.3, -0.25) is 0 Å². The Morgan fingerprint density at radius 3 is 2.67 bits per heavy atom. The molecule has 1 N–H and O–H groups in total. The predicted octanol–water partition coefficient (Wildman–Crippen LogP) is 3.19. The van der Waals surface area contributed by atoms with Crippen molar-refractivity contribution in [3.63, 3.8) is 0 Å². The van der Waals surface area contributed by atoms with Gasteiger partial charge in [0.05, 0.1) is 0 Å². The zero-order valence-electron chi connectivity index (χ0n) is 12.7. The van der Waals surface area contributed by atoms with E-state index in [9.17, 15) is 4.39 Å². The molecular weight excluding hydrogens is 273 g/mol. The van der Waals surface area contributed by atoms with Crippen LogP contribution in [0.15, 0.2) is 22.7 Å². The molecule has 5 nitrogen and oxygen atoms in total. The number of nitrogens with zero attached hydrogens (tertiary/aromatic N) is 2. The van der Waals surface area contributed by atoms with Gasteiger partial charge >= 0.3 is 0 Å². The van der Waals surface area contributed by atoms with E-state index in [0.29, 0.717) is 11.7 Å². The van der Waals surface area contributed by atoms with E-state index in [4.69, 9.17) is 9.26 Å². The van der Waals surface area contributed by atoms with Crippen molar-refractivity contribution in [2.75, 3.05) is 7.05 Å². The Labute approximate surface area is 123 Å². The molecule has 6 heteroatoms. The Kier molecular flexibility index (Phi) is 4.90. The van der Waals surface area contributed by atoms with Crippen LogP contribution in [0.3, 0.4) is 0 Å². The van der Waals surface area contributed by atoms with Gasteiger partial charge in [-0.1, -0.05) is 25.1 Å². The second-order valence-electron chi connectivity index (χ2n) is 5.19. The average Bonchev–Trinajstić information content (AvgIpc) is 2.94. The summed E-state index contributed by atoms with van der Waals surface area (Å²) in [6.07, 6.45) is 0. The molecule has 0 bridgehead atoms. The van der Waals surface area contributed by atoms with Crippen molar-refractivity contribution in [3.05, 3.63) is 41.3 Å². The lowest BCUT2D eigenvalue weighted by Crippen LogP contribution is -2.12. The number of benzene rings is 1. The Morgan fingerprint density at radius 1 is 1.33 bits per heavy atom. The molecule has 0 aliphatic heterocycles. The Balaban J connectivity index is 2.02. The number of hydrogen-bond donors (Lipinski definition) is 1. The minimum Gasteiger partial charge on any atom is -0.482 e. The average molecular weight is 293 g/mol. The minimum atomic E-state index is -0.401. The molecule has 0 fully saturated rings. The lowest BCUT2D eigenvalue weighted by molar-refractivity contribution is 0.272. The molecule has 1 aromatic heterocycles. The topological polar surface area (TPSA) is 60.2 Å². The molecule has 1 unspecified atom stereocenters. The van der Waals surface area contributed by atoms with Crippen LogP contribution >= 0.6 is 0 Å². The van der Waals surface area contributed by atoms with E-state index >= 15 is 0 Å². The monoisotopic (exact) mass is 293 g/mol. The summed E-state index contributed by atoms with van der Waals surface area (Å²) in [6.45, 7) is 5.95. The zero-order chi connectivity index (χ0) is 15.4. The third kappa shape index (κ3) is 3.78. The third-order valence-corrected chi connectivity index (χ3v) is 3.22. The normalized spacial score (nSPS) is 12.7. The van der Waals surface area contributed by atoms with Crippen molar-refractivity contribution in [3.8, 4) is 5.75 Å². The van der Waals surface area contributed by atoms with Crippen molar-refractivity contribution in [1.82, 2.24) is 15.5 Å². The second-order valence-corrected chi connectivity index (χ2v) is 5.19. The molecule has 2 rings (SSSR count). The van der Waals surface area contributed by atoms with Crippen LogP contribution in [-0.2, 0) is 6.61 Å². The number of aromatic nitrogens is 2. The first kappa shape index (κ1) is 15.4. The summed E-state index contributed by atoms with van der Waals surface area (Å²) in [6, 6.07) is 4.99. The van der Waals surface area contributed by atoms with Gasteiger partial charge in [-0.25, -0.2) is 4.39 Å². The zero-order valence-corrected chi connectivity index (χ0v) is 12.7. The highest BCUT2D eigenvalue weighted by Crippen LogP contribution is 2.22. The predicted molar refractivity (Wildman–Crippen MR) is 76.6 cm³/mol. The first-order valence-corrected chi connectivity index (χ1v) is 6.93. The van der Waals surface area contributed by atoms with Gasteiger partial charge < -0.3 is 14.6 Å². The van der Waals surface area contributed by atoms with Crippen LogP contribution in [0, 0.1) is 5.82 Å². The molecular formula is C15H20FN3O2. The van der Waals surface area contributed by atoms with E-state index in [-0.39, 0.29) is 24.3 Å². The molecule has 0 radical (unpaired) electrons. The fraction of sp³-hybridized carbons (Fsp3) is 0.467. The number of nitrogens with one attached hydrogen (secondary N) is 1. The number of ether oxygens (including phenoxy) is 1. The maximum Gasteiger partial charge on any atom is 0.229 e. The van der Waals surface area contributed by atoms with Crippen molar-refractivity contribution in [2.24, 2.45) is 0 Å². The van der Waals surface area contributed by atoms with E-state index < -0.39 is 5.82 Å². The summed E-state index contributed by atoms with van der Waals surface area (Å²) in [7, 11) is 1.83. The Bertz CT molecular complexity index is 598. The maximum atomic E-state index is 14.0. The first-order chi connectivity index (χ1) is 10.0. The smallest absolute Gasteiger partial charge is 0.229 e. The van der Waals surface area contributed by atoms with Gasteiger partial charge in [-0.05, 0) is 31.7 Å². The van der Waals surface area contributed by atoms with Gasteiger partial charge in [0.1, 0.15) is 0 Å². The van der Waals surface area contributed by atoms with Gasteiger partial charge in [0.15, 0.2) is 18.2 Å². The van der Waals surface area contributed by atoms with Crippen LogP contribution in [-0.4, -0.2) is 17.2 Å². The molecule has 0 amide bonds. The molecule has 21 heavy (non-hydrogen) atoms. The number of hydrogen-bond acceptors (Lipinski definition) is 5. The van der Waals surface area contributed by atoms with E-state index in [1.807, 2.05) is 33.9 Å². The Hall–Kier alpha value is -1.95. The molecule has 1 aromatic carbocycles. The quantitative estimate of drug-likeness (QED) is 0.886. The van der Waals surface area contributed by atoms with E-state index in [2.05, 4.69) is 15.5 Å². The SMILES string of the molecule is CNC(C)c1ccc(OCc2noc(C(C)C)n2)c(F)c1. The molecule has 0 aliphatic rings. The molecule has 0 saturated carbocycles. The van der Waals surface area contributed by atoms with Crippen LogP contribution in [0.5, 0.6) is 5.75 Å². The summed E-state index contributed by atoms with van der Waals surface area (Å²) in [4.78, 5) is 4.18. The van der Waals surface area contributed by atoms with Crippen molar-refractivity contribution >= 4 is 0 Å². The molecule has 1 heterocycles. The van der Waals surface area contributed by atoms with Crippen molar-refractivity contribution in [1.29, 1.82) is 0 Å². The van der Waals surface area contributed by atoms with Gasteiger partial charge in [0, 0.05) is 12.0 Å². The molecule has 0 spiro atoms. The fourth-order valence-corrected chi connectivity index (χ4v) is 1.77. The summed E-state index contributed by atoms with van der Waals surface area (Å²) < 4.78 is 24.4. The highest BCUT2D eigenvalue weighted by Gasteiger charge is 2.12. The van der Waals surface area contributed by atoms with Gasteiger partial charge in [0.25, 0.3) is 0 Å². The fourth-order valence-electron chi connectivity index (χ4n) is 1.77. The number of halogens is 1. The third-order valence-electron chi connectivity index (χ3n) is 3.22. The van der Waals surface area contributed by atoms with Gasteiger partial charge in [0.2, 0.25) is 11.7 Å². The summed E-state index contributed by atoms with van der Waals surface area (Å²) in [5.41, 5.74) is 0.865. The van der Waals surface area contributed by atoms with Crippen LogP contribution in [0.1, 0.15) is 50.0 Å². The number of rotatable bonds is 6. The lowest BCUT2D eigenvalue weighted by atomic mass is 10.1. The maximum absolute atomic E-state index is 14.0. The van der Waals surface area contributed by atoms with E-state index in [1.165, 1.54) is 6.07 Å². The van der Waals surface area contributed by atoms with Crippen molar-refractivity contribution < 1.29 is 13.7 Å². The van der Waals surface area contributed by atoms with Crippen LogP contribution in [0.25, 0.3) is 0 Å².